The summed E-state index contributed by atoms with van der Waals surface area (Å²) in [5.41, 5.74) is 0. The molecule has 2 rings (SSSR count). The smallest absolute Gasteiger partial charge is 0.317 e. The van der Waals surface area contributed by atoms with Gasteiger partial charge in [-0.05, 0) is 52.2 Å². The third kappa shape index (κ3) is 5.29. The number of aryl methyl sites for hydroxylation is 1. The number of carbonyl (C=O) groups is 1. The molecule has 22 heavy (non-hydrogen) atoms. The summed E-state index contributed by atoms with van der Waals surface area (Å²) in [5, 5.41) is 6.62. The Morgan fingerprint density at radius 3 is 2.73 bits per heavy atom. The van der Waals surface area contributed by atoms with Crippen LogP contribution in [0.3, 0.4) is 0 Å². The molecule has 1 N–H and O–H groups in total. The maximum atomic E-state index is 12.1. The standard InChI is InChI=1S/C15H27N5O2/c1-12-17-14(18-22-12)11-16-15(21)20-9-6-13(7-10-20)5-4-8-19(2)3/h13H,4-11H2,1-3H3,(H,16,21). The molecule has 7 nitrogen and oxygen atoms in total. The summed E-state index contributed by atoms with van der Waals surface area (Å²) in [6.07, 6.45) is 4.70. The fourth-order valence-corrected chi connectivity index (χ4v) is 2.80. The molecule has 124 valence electrons. The molecule has 2 amide bonds. The van der Waals surface area contributed by atoms with Crippen LogP contribution in [-0.2, 0) is 6.54 Å². The Balaban J connectivity index is 1.64. The Morgan fingerprint density at radius 1 is 1.41 bits per heavy atom. The molecule has 0 bridgehead atoms. The van der Waals surface area contributed by atoms with Crippen LogP contribution in [-0.4, -0.2) is 59.7 Å². The van der Waals surface area contributed by atoms with Gasteiger partial charge in [-0.1, -0.05) is 5.16 Å². The first kappa shape index (κ1) is 16.7. The summed E-state index contributed by atoms with van der Waals surface area (Å²) in [5.74, 6) is 1.79. The quantitative estimate of drug-likeness (QED) is 0.864. The maximum absolute atomic E-state index is 12.1. The lowest BCUT2D eigenvalue weighted by Gasteiger charge is -2.32. The van der Waals surface area contributed by atoms with Gasteiger partial charge in [0, 0.05) is 20.0 Å². The van der Waals surface area contributed by atoms with Crippen molar-refractivity contribution in [1.29, 1.82) is 0 Å². The van der Waals surface area contributed by atoms with Crippen molar-refractivity contribution in [3.05, 3.63) is 11.7 Å². The molecule has 1 fully saturated rings. The zero-order chi connectivity index (χ0) is 15.9. The zero-order valence-electron chi connectivity index (χ0n) is 13.8. The van der Waals surface area contributed by atoms with Gasteiger partial charge in [0.15, 0.2) is 5.82 Å². The average molecular weight is 309 g/mol. The lowest BCUT2D eigenvalue weighted by molar-refractivity contribution is 0.166. The first-order chi connectivity index (χ1) is 10.5. The summed E-state index contributed by atoms with van der Waals surface area (Å²) in [6, 6.07) is -0.0332. The number of hydrogen-bond acceptors (Lipinski definition) is 5. The predicted octanol–water partition coefficient (Wildman–Crippen LogP) is 1.64. The molecule has 0 aromatic carbocycles. The van der Waals surface area contributed by atoms with Crippen molar-refractivity contribution in [2.75, 3.05) is 33.7 Å². The van der Waals surface area contributed by atoms with E-state index in [0.29, 0.717) is 18.3 Å². The van der Waals surface area contributed by atoms with E-state index in [4.69, 9.17) is 4.52 Å². The summed E-state index contributed by atoms with van der Waals surface area (Å²) < 4.78 is 4.88. The molecule has 1 saturated heterocycles. The number of carbonyl (C=O) groups excluding carboxylic acids is 1. The summed E-state index contributed by atoms with van der Waals surface area (Å²) in [4.78, 5) is 20.3. The molecular formula is C15H27N5O2. The van der Waals surface area contributed by atoms with E-state index in [1.807, 2.05) is 4.90 Å². The van der Waals surface area contributed by atoms with Crippen molar-refractivity contribution in [2.45, 2.75) is 39.2 Å². The largest absolute Gasteiger partial charge is 0.340 e. The molecule has 0 atom stereocenters. The lowest BCUT2D eigenvalue weighted by Crippen LogP contribution is -2.44. The molecule has 0 unspecified atom stereocenters. The van der Waals surface area contributed by atoms with Gasteiger partial charge in [0.2, 0.25) is 5.89 Å². The van der Waals surface area contributed by atoms with Crippen molar-refractivity contribution >= 4 is 6.03 Å². The maximum Gasteiger partial charge on any atom is 0.317 e. The van der Waals surface area contributed by atoms with Crippen molar-refractivity contribution in [2.24, 2.45) is 5.92 Å². The van der Waals surface area contributed by atoms with Crippen LogP contribution in [0, 0.1) is 12.8 Å². The van der Waals surface area contributed by atoms with Crippen molar-refractivity contribution < 1.29 is 9.32 Å². The Labute approximate surface area is 132 Å². The number of piperidine rings is 1. The van der Waals surface area contributed by atoms with E-state index in [1.54, 1.807) is 6.92 Å². The van der Waals surface area contributed by atoms with Gasteiger partial charge in [-0.2, -0.15) is 4.98 Å². The second-order valence-corrected chi connectivity index (χ2v) is 6.26. The number of rotatable bonds is 6. The zero-order valence-corrected chi connectivity index (χ0v) is 13.8. The summed E-state index contributed by atoms with van der Waals surface area (Å²) in [6.45, 7) is 4.87. The number of urea groups is 1. The topological polar surface area (TPSA) is 74.5 Å². The van der Waals surface area contributed by atoms with Gasteiger partial charge in [-0.3, -0.25) is 0 Å². The minimum atomic E-state index is -0.0332. The molecule has 0 aliphatic carbocycles. The minimum absolute atomic E-state index is 0.0332. The van der Waals surface area contributed by atoms with Gasteiger partial charge >= 0.3 is 6.03 Å². The van der Waals surface area contributed by atoms with Crippen molar-refractivity contribution in [3.8, 4) is 0 Å². The summed E-state index contributed by atoms with van der Waals surface area (Å²) >= 11 is 0. The van der Waals surface area contributed by atoms with Gasteiger partial charge in [0.1, 0.15) is 0 Å². The summed E-state index contributed by atoms with van der Waals surface area (Å²) in [7, 11) is 4.22. The third-order valence-electron chi connectivity index (χ3n) is 4.09. The predicted molar refractivity (Wildman–Crippen MR) is 83.4 cm³/mol. The fraction of sp³-hybridized carbons (Fsp3) is 0.800. The highest BCUT2D eigenvalue weighted by Gasteiger charge is 2.22. The second-order valence-electron chi connectivity index (χ2n) is 6.26. The Bertz CT molecular complexity index is 466. The van der Waals surface area contributed by atoms with E-state index in [2.05, 4.69) is 34.5 Å². The minimum Gasteiger partial charge on any atom is -0.340 e. The molecule has 1 aliphatic heterocycles. The molecule has 1 aromatic heterocycles. The molecule has 1 aliphatic rings. The molecule has 0 radical (unpaired) electrons. The number of nitrogens with zero attached hydrogens (tertiary/aromatic N) is 4. The van der Waals surface area contributed by atoms with Crippen molar-refractivity contribution in [3.63, 3.8) is 0 Å². The number of aromatic nitrogens is 2. The average Bonchev–Trinajstić information content (AvgIpc) is 2.91. The monoisotopic (exact) mass is 309 g/mol. The van der Waals surface area contributed by atoms with Crippen LogP contribution >= 0.6 is 0 Å². The molecular weight excluding hydrogens is 282 g/mol. The van der Waals surface area contributed by atoms with Gasteiger partial charge in [0.25, 0.3) is 0 Å². The highest BCUT2D eigenvalue weighted by molar-refractivity contribution is 5.74. The number of hydrogen-bond donors (Lipinski definition) is 1. The van der Waals surface area contributed by atoms with Gasteiger partial charge in [0.05, 0.1) is 6.54 Å². The van der Waals surface area contributed by atoms with Crippen LogP contribution in [0.5, 0.6) is 0 Å². The first-order valence-electron chi connectivity index (χ1n) is 8.01. The van der Waals surface area contributed by atoms with Crippen LogP contribution in [0.1, 0.15) is 37.4 Å². The molecule has 0 spiro atoms. The molecule has 0 saturated carbocycles. The Morgan fingerprint density at radius 2 is 2.14 bits per heavy atom. The van der Waals surface area contributed by atoms with E-state index in [-0.39, 0.29) is 6.03 Å². The Hall–Kier alpha value is -1.63. The van der Waals surface area contributed by atoms with Crippen LogP contribution in [0.15, 0.2) is 4.52 Å². The van der Waals surface area contributed by atoms with Crippen LogP contribution < -0.4 is 5.32 Å². The van der Waals surface area contributed by atoms with Gasteiger partial charge in [-0.15, -0.1) is 0 Å². The van der Waals surface area contributed by atoms with E-state index in [1.165, 1.54) is 12.8 Å². The molecule has 1 aromatic rings. The van der Waals surface area contributed by atoms with Crippen molar-refractivity contribution in [1.82, 2.24) is 25.3 Å². The van der Waals surface area contributed by atoms with E-state index >= 15 is 0 Å². The van der Waals surface area contributed by atoms with Gasteiger partial charge < -0.3 is 19.6 Å². The van der Waals surface area contributed by atoms with E-state index in [9.17, 15) is 4.79 Å². The third-order valence-corrected chi connectivity index (χ3v) is 4.09. The Kier molecular flexibility index (Phi) is 6.18. The SMILES string of the molecule is Cc1nc(CNC(=O)N2CCC(CCCN(C)C)CC2)no1. The number of amides is 2. The molecule has 7 heteroatoms. The highest BCUT2D eigenvalue weighted by atomic mass is 16.5. The van der Waals surface area contributed by atoms with Gasteiger partial charge in [-0.25, -0.2) is 4.79 Å². The van der Waals surface area contributed by atoms with Crippen LogP contribution in [0.25, 0.3) is 0 Å². The number of likely N-dealkylation sites (tertiary alicyclic amines) is 1. The van der Waals surface area contributed by atoms with E-state index < -0.39 is 0 Å². The lowest BCUT2D eigenvalue weighted by atomic mass is 9.92. The van der Waals surface area contributed by atoms with Crippen LogP contribution in [0.2, 0.25) is 0 Å². The fourth-order valence-electron chi connectivity index (χ4n) is 2.80. The molecule has 2 heterocycles. The van der Waals surface area contributed by atoms with Crippen LogP contribution in [0.4, 0.5) is 4.79 Å². The second kappa shape index (κ2) is 8.12. The number of nitrogens with one attached hydrogen (secondary N) is 1. The highest BCUT2D eigenvalue weighted by Crippen LogP contribution is 2.21. The van der Waals surface area contributed by atoms with E-state index in [0.717, 1.165) is 38.4 Å². The first-order valence-corrected chi connectivity index (χ1v) is 8.01. The normalized spacial score (nSPS) is 16.3.